The first-order valence-electron chi connectivity index (χ1n) is 7.11. The van der Waals surface area contributed by atoms with Gasteiger partial charge in [0.2, 0.25) is 0 Å². The van der Waals surface area contributed by atoms with Crippen LogP contribution in [0.5, 0.6) is 0 Å². The summed E-state index contributed by atoms with van der Waals surface area (Å²) >= 11 is 11.8. The van der Waals surface area contributed by atoms with Gasteiger partial charge in [0.25, 0.3) is 5.91 Å². The lowest BCUT2D eigenvalue weighted by Crippen LogP contribution is -2.41. The van der Waals surface area contributed by atoms with Gasteiger partial charge in [-0.05, 0) is 54.6 Å². The van der Waals surface area contributed by atoms with Crippen molar-refractivity contribution in [3.63, 3.8) is 0 Å². The zero-order valence-electron chi connectivity index (χ0n) is 12.4. The van der Waals surface area contributed by atoms with Gasteiger partial charge in [-0.3, -0.25) is 4.79 Å². The van der Waals surface area contributed by atoms with Gasteiger partial charge < -0.3 is 4.90 Å². The molecule has 24 heavy (non-hydrogen) atoms. The second-order valence-corrected chi connectivity index (χ2v) is 8.19. The van der Waals surface area contributed by atoms with E-state index >= 15 is 0 Å². The van der Waals surface area contributed by atoms with Crippen LogP contribution >= 0.6 is 23.2 Å². The lowest BCUT2D eigenvalue weighted by molar-refractivity contribution is 0.0983. The summed E-state index contributed by atoms with van der Waals surface area (Å²) in [6, 6.07) is 12.6. The maximum atomic E-state index is 13.0. The maximum absolute atomic E-state index is 13.0. The quantitative estimate of drug-likeness (QED) is 0.808. The Morgan fingerprint density at radius 3 is 2.00 bits per heavy atom. The van der Waals surface area contributed by atoms with Crippen molar-refractivity contribution in [1.82, 2.24) is 0 Å². The van der Waals surface area contributed by atoms with Crippen molar-refractivity contribution >= 4 is 44.6 Å². The molecule has 1 aliphatic heterocycles. The molecular formula is C17H13Cl2NO3S. The third-order valence-corrected chi connectivity index (χ3v) is 5.54. The molecule has 0 aliphatic carbocycles. The second kappa shape index (κ2) is 6.59. The summed E-state index contributed by atoms with van der Waals surface area (Å²) in [4.78, 5) is 14.4. The van der Waals surface area contributed by atoms with Crippen LogP contribution in [0, 0.1) is 0 Å². The lowest BCUT2D eigenvalue weighted by atomic mass is 10.1. The zero-order chi connectivity index (χ0) is 17.3. The topological polar surface area (TPSA) is 54.5 Å². The van der Waals surface area contributed by atoms with Gasteiger partial charge in [0.05, 0.1) is 11.8 Å². The van der Waals surface area contributed by atoms with Crippen molar-refractivity contribution in [2.75, 3.05) is 10.7 Å². The van der Waals surface area contributed by atoms with Gasteiger partial charge in [0, 0.05) is 26.7 Å². The van der Waals surface area contributed by atoms with Crippen LogP contribution in [0.2, 0.25) is 10.0 Å². The predicted octanol–water partition coefficient (Wildman–Crippen LogP) is 3.95. The third-order valence-electron chi connectivity index (χ3n) is 3.66. The fourth-order valence-electron chi connectivity index (χ4n) is 2.51. The first-order valence-corrected chi connectivity index (χ1v) is 9.58. The van der Waals surface area contributed by atoms with E-state index in [9.17, 15) is 13.2 Å². The minimum Gasteiger partial charge on any atom is -0.300 e. The Kier molecular flexibility index (Phi) is 4.67. The molecule has 0 N–H and O–H groups in total. The Bertz CT molecular complexity index is 890. The van der Waals surface area contributed by atoms with E-state index in [1.807, 2.05) is 0 Å². The van der Waals surface area contributed by atoms with Crippen LogP contribution in [0.4, 0.5) is 5.69 Å². The molecule has 4 nitrogen and oxygen atoms in total. The molecule has 0 fully saturated rings. The zero-order valence-corrected chi connectivity index (χ0v) is 14.7. The first-order chi connectivity index (χ1) is 11.4. The summed E-state index contributed by atoms with van der Waals surface area (Å²) < 4.78 is 23.5. The van der Waals surface area contributed by atoms with E-state index in [1.165, 1.54) is 11.0 Å². The maximum Gasteiger partial charge on any atom is 0.258 e. The molecule has 1 atom stereocenters. The van der Waals surface area contributed by atoms with Gasteiger partial charge in [-0.1, -0.05) is 23.2 Å². The largest absolute Gasteiger partial charge is 0.300 e. The number of nitrogens with zero attached hydrogens (tertiary/aromatic N) is 1. The molecule has 0 unspecified atom stereocenters. The highest BCUT2D eigenvalue weighted by Crippen LogP contribution is 2.26. The summed E-state index contributed by atoms with van der Waals surface area (Å²) in [5.74, 6) is -0.449. The molecule has 1 aliphatic rings. The molecular weight excluding hydrogens is 369 g/mol. The average molecular weight is 382 g/mol. The van der Waals surface area contributed by atoms with E-state index in [4.69, 9.17) is 23.2 Å². The summed E-state index contributed by atoms with van der Waals surface area (Å²) in [7, 11) is -3.30. The highest BCUT2D eigenvalue weighted by molar-refractivity contribution is 7.94. The Labute approximate surface area is 150 Å². The Morgan fingerprint density at radius 2 is 1.50 bits per heavy atom. The van der Waals surface area contributed by atoms with Crippen LogP contribution in [-0.4, -0.2) is 26.1 Å². The number of sulfone groups is 1. The van der Waals surface area contributed by atoms with E-state index in [-0.39, 0.29) is 11.7 Å². The molecule has 7 heteroatoms. The van der Waals surface area contributed by atoms with Crippen LogP contribution in [0.3, 0.4) is 0 Å². The fraction of sp³-hybridized carbons (Fsp3) is 0.118. The molecule has 0 radical (unpaired) electrons. The van der Waals surface area contributed by atoms with Crippen LogP contribution in [-0.2, 0) is 9.84 Å². The van der Waals surface area contributed by atoms with Crippen molar-refractivity contribution < 1.29 is 13.2 Å². The Hall–Kier alpha value is -1.82. The molecule has 0 saturated heterocycles. The summed E-state index contributed by atoms with van der Waals surface area (Å²) in [6.45, 7) is 0. The first kappa shape index (κ1) is 17.0. The molecule has 124 valence electrons. The number of halogens is 2. The number of carbonyl (C=O) groups is 1. The van der Waals surface area contributed by atoms with Crippen molar-refractivity contribution in [3.05, 3.63) is 75.6 Å². The van der Waals surface area contributed by atoms with Gasteiger partial charge in [-0.2, -0.15) is 0 Å². The highest BCUT2D eigenvalue weighted by Gasteiger charge is 2.31. The van der Waals surface area contributed by atoms with E-state index in [1.54, 1.807) is 48.5 Å². The second-order valence-electron chi connectivity index (χ2n) is 5.38. The predicted molar refractivity (Wildman–Crippen MR) is 96.4 cm³/mol. The summed E-state index contributed by atoms with van der Waals surface area (Å²) in [5, 5.41) is 2.20. The molecule has 0 bridgehead atoms. The molecule has 3 rings (SSSR count). The van der Waals surface area contributed by atoms with Crippen LogP contribution in [0.1, 0.15) is 10.4 Å². The molecule has 1 amide bonds. The molecule has 0 aromatic heterocycles. The summed E-state index contributed by atoms with van der Waals surface area (Å²) in [6.07, 6.45) is 1.53. The van der Waals surface area contributed by atoms with Crippen molar-refractivity contribution in [1.29, 1.82) is 0 Å². The monoisotopic (exact) mass is 381 g/mol. The number of hydrogen-bond acceptors (Lipinski definition) is 3. The van der Waals surface area contributed by atoms with Gasteiger partial charge >= 0.3 is 0 Å². The van der Waals surface area contributed by atoms with Crippen molar-refractivity contribution in [2.45, 2.75) is 6.04 Å². The van der Waals surface area contributed by atoms with Crippen LogP contribution in [0.15, 0.2) is 60.0 Å². The minimum absolute atomic E-state index is 0.144. The number of rotatable bonds is 3. The SMILES string of the molecule is O=C(c1ccc(Cl)cc1)N(c1ccc(Cl)cc1)[C@H]1C=CS(=O)(=O)C1. The van der Waals surface area contributed by atoms with E-state index in [0.29, 0.717) is 21.3 Å². The average Bonchev–Trinajstić information content (AvgIpc) is 2.90. The highest BCUT2D eigenvalue weighted by atomic mass is 35.5. The number of amides is 1. The van der Waals surface area contributed by atoms with Crippen molar-refractivity contribution in [3.8, 4) is 0 Å². The smallest absolute Gasteiger partial charge is 0.258 e. The normalized spacial score (nSPS) is 18.5. The minimum atomic E-state index is -3.30. The van der Waals surface area contributed by atoms with Gasteiger partial charge in [-0.15, -0.1) is 0 Å². The Morgan fingerprint density at radius 1 is 0.958 bits per heavy atom. The standard InChI is InChI=1S/C17H13Cl2NO3S/c18-13-3-1-12(2-4-13)17(21)20(15-7-5-14(19)6-8-15)16-9-10-24(22,23)11-16/h1-10,16H,11H2/t16-/m0/s1. The van der Waals surface area contributed by atoms with Gasteiger partial charge in [0.1, 0.15) is 0 Å². The van der Waals surface area contributed by atoms with Gasteiger partial charge in [-0.25, -0.2) is 8.42 Å². The summed E-state index contributed by atoms with van der Waals surface area (Å²) in [5.41, 5.74) is 0.998. The number of carbonyl (C=O) groups excluding carboxylic acids is 1. The van der Waals surface area contributed by atoms with Crippen LogP contribution < -0.4 is 4.90 Å². The number of hydrogen-bond donors (Lipinski definition) is 0. The van der Waals surface area contributed by atoms with E-state index in [0.717, 1.165) is 5.41 Å². The molecule has 2 aromatic rings. The van der Waals surface area contributed by atoms with Crippen LogP contribution in [0.25, 0.3) is 0 Å². The number of anilines is 1. The third kappa shape index (κ3) is 3.64. The molecule has 0 spiro atoms. The Balaban J connectivity index is 2.01. The molecule has 1 heterocycles. The van der Waals surface area contributed by atoms with E-state index in [2.05, 4.69) is 0 Å². The number of benzene rings is 2. The molecule has 0 saturated carbocycles. The van der Waals surface area contributed by atoms with Gasteiger partial charge in [0.15, 0.2) is 9.84 Å². The van der Waals surface area contributed by atoms with E-state index < -0.39 is 15.9 Å². The molecule has 2 aromatic carbocycles. The fourth-order valence-corrected chi connectivity index (χ4v) is 4.03. The van der Waals surface area contributed by atoms with Crippen molar-refractivity contribution in [2.24, 2.45) is 0 Å². The lowest BCUT2D eigenvalue weighted by Gasteiger charge is -2.28.